The van der Waals surface area contributed by atoms with E-state index in [1.54, 1.807) is 12.1 Å². The van der Waals surface area contributed by atoms with Crippen molar-refractivity contribution in [2.75, 3.05) is 7.11 Å². The predicted molar refractivity (Wildman–Crippen MR) is 53.3 cm³/mol. The second kappa shape index (κ2) is 3.95. The van der Waals surface area contributed by atoms with Crippen LogP contribution in [0.5, 0.6) is 11.5 Å². The molecule has 0 fully saturated rings. The number of rotatable bonds is 2. The highest BCUT2D eigenvalue weighted by Crippen LogP contribution is 2.32. The number of benzene rings is 1. The average molecular weight is 280 g/mol. The van der Waals surface area contributed by atoms with Crippen molar-refractivity contribution in [2.24, 2.45) is 0 Å². The van der Waals surface area contributed by atoms with Crippen LogP contribution in [0.1, 0.15) is 5.56 Å². The summed E-state index contributed by atoms with van der Waals surface area (Å²) < 4.78 is 5.58. The molecule has 0 radical (unpaired) electrons. The maximum absolute atomic E-state index is 9.40. The summed E-state index contributed by atoms with van der Waals surface area (Å²) in [7, 11) is 1.48. The Morgan fingerprint density at radius 1 is 1.50 bits per heavy atom. The molecule has 4 heteroatoms. The Hall–Kier alpha value is -0.490. The molecule has 0 saturated heterocycles. The number of aromatic hydroxyl groups is 1. The standard InChI is InChI=1S/C8H9IO3/c1-12-7-3-5(4-10)2-6(9)8(7)11/h2-3,10-11H,4H2,1H3. The van der Waals surface area contributed by atoms with Crippen molar-refractivity contribution >= 4 is 22.6 Å². The first-order valence-electron chi connectivity index (χ1n) is 3.35. The molecular formula is C8H9IO3. The van der Waals surface area contributed by atoms with Crippen molar-refractivity contribution in [1.29, 1.82) is 0 Å². The lowest BCUT2D eigenvalue weighted by Crippen LogP contribution is -1.90. The fourth-order valence-corrected chi connectivity index (χ4v) is 1.54. The first-order valence-corrected chi connectivity index (χ1v) is 4.43. The summed E-state index contributed by atoms with van der Waals surface area (Å²) in [5.41, 5.74) is 0.731. The zero-order valence-corrected chi connectivity index (χ0v) is 8.70. The number of ether oxygens (including phenoxy) is 1. The molecule has 1 rings (SSSR count). The van der Waals surface area contributed by atoms with Crippen molar-refractivity contribution in [3.63, 3.8) is 0 Å². The van der Waals surface area contributed by atoms with Crippen LogP contribution in [0.2, 0.25) is 0 Å². The molecule has 2 N–H and O–H groups in total. The van der Waals surface area contributed by atoms with Gasteiger partial charge in [0.15, 0.2) is 11.5 Å². The van der Waals surface area contributed by atoms with Crippen LogP contribution in [-0.2, 0) is 6.61 Å². The van der Waals surface area contributed by atoms with Crippen LogP contribution in [0.4, 0.5) is 0 Å². The highest BCUT2D eigenvalue weighted by Gasteiger charge is 2.07. The molecule has 0 heterocycles. The Morgan fingerprint density at radius 2 is 2.17 bits per heavy atom. The van der Waals surface area contributed by atoms with E-state index in [1.165, 1.54) is 7.11 Å². The summed E-state index contributed by atoms with van der Waals surface area (Å²) in [4.78, 5) is 0. The number of aliphatic hydroxyl groups is 1. The van der Waals surface area contributed by atoms with Gasteiger partial charge in [0.05, 0.1) is 17.3 Å². The van der Waals surface area contributed by atoms with Gasteiger partial charge in [0.1, 0.15) is 0 Å². The van der Waals surface area contributed by atoms with Crippen molar-refractivity contribution in [1.82, 2.24) is 0 Å². The second-order valence-corrected chi connectivity index (χ2v) is 3.45. The number of aliphatic hydroxyl groups excluding tert-OH is 1. The molecule has 66 valence electrons. The fraction of sp³-hybridized carbons (Fsp3) is 0.250. The molecular weight excluding hydrogens is 271 g/mol. The van der Waals surface area contributed by atoms with Gasteiger partial charge in [-0.2, -0.15) is 0 Å². The van der Waals surface area contributed by atoms with Crippen molar-refractivity contribution in [2.45, 2.75) is 6.61 Å². The molecule has 0 saturated carbocycles. The number of halogens is 1. The molecule has 0 unspecified atom stereocenters. The lowest BCUT2D eigenvalue weighted by atomic mass is 10.2. The van der Waals surface area contributed by atoms with Crippen LogP contribution in [0, 0.1) is 3.57 Å². The predicted octanol–water partition coefficient (Wildman–Crippen LogP) is 1.50. The molecule has 0 atom stereocenters. The number of phenols is 1. The van der Waals surface area contributed by atoms with Crippen molar-refractivity contribution < 1.29 is 14.9 Å². The molecule has 3 nitrogen and oxygen atoms in total. The van der Waals surface area contributed by atoms with E-state index in [1.807, 2.05) is 22.6 Å². The first-order chi connectivity index (χ1) is 5.69. The molecule has 12 heavy (non-hydrogen) atoms. The highest BCUT2D eigenvalue weighted by molar-refractivity contribution is 14.1. The molecule has 0 aliphatic rings. The fourth-order valence-electron chi connectivity index (χ4n) is 0.874. The summed E-state index contributed by atoms with van der Waals surface area (Å²) >= 11 is 1.98. The van der Waals surface area contributed by atoms with Crippen molar-refractivity contribution in [3.05, 3.63) is 21.3 Å². The zero-order chi connectivity index (χ0) is 9.14. The van der Waals surface area contributed by atoms with Gasteiger partial charge in [0, 0.05) is 0 Å². The molecule has 0 spiro atoms. The van der Waals surface area contributed by atoms with E-state index < -0.39 is 0 Å². The van der Waals surface area contributed by atoms with Crippen LogP contribution in [0.25, 0.3) is 0 Å². The van der Waals surface area contributed by atoms with Crippen molar-refractivity contribution in [3.8, 4) is 11.5 Å². The maximum Gasteiger partial charge on any atom is 0.171 e. The molecule has 0 aromatic heterocycles. The lowest BCUT2D eigenvalue weighted by molar-refractivity contribution is 0.280. The smallest absolute Gasteiger partial charge is 0.171 e. The third-order valence-corrected chi connectivity index (χ3v) is 2.31. The van der Waals surface area contributed by atoms with Crippen LogP contribution in [0.3, 0.4) is 0 Å². The summed E-state index contributed by atoms with van der Waals surface area (Å²) in [6, 6.07) is 3.32. The molecule has 0 aliphatic heterocycles. The van der Waals surface area contributed by atoms with E-state index in [-0.39, 0.29) is 12.4 Å². The first kappa shape index (κ1) is 9.60. The lowest BCUT2D eigenvalue weighted by Gasteiger charge is -2.06. The Kier molecular flexibility index (Phi) is 3.16. The third-order valence-electron chi connectivity index (χ3n) is 1.49. The average Bonchev–Trinajstić information content (AvgIpc) is 2.09. The van der Waals surface area contributed by atoms with E-state index >= 15 is 0 Å². The van der Waals surface area contributed by atoms with Gasteiger partial charge in [-0.05, 0) is 40.3 Å². The maximum atomic E-state index is 9.40. The van der Waals surface area contributed by atoms with Crippen LogP contribution >= 0.6 is 22.6 Å². The number of phenolic OH excluding ortho intramolecular Hbond substituents is 1. The number of hydrogen-bond donors (Lipinski definition) is 2. The Bertz CT molecular complexity index is 286. The van der Waals surface area contributed by atoms with Crippen LogP contribution in [0.15, 0.2) is 12.1 Å². The van der Waals surface area contributed by atoms with E-state index in [0.717, 1.165) is 5.56 Å². The van der Waals surface area contributed by atoms with E-state index in [4.69, 9.17) is 9.84 Å². The summed E-state index contributed by atoms with van der Waals surface area (Å²) in [5, 5.41) is 18.2. The minimum absolute atomic E-state index is 0.0490. The minimum atomic E-state index is -0.0490. The number of methoxy groups -OCH3 is 1. The van der Waals surface area contributed by atoms with Crippen LogP contribution < -0.4 is 4.74 Å². The van der Waals surface area contributed by atoms with Gasteiger partial charge in [-0.1, -0.05) is 0 Å². The summed E-state index contributed by atoms with van der Waals surface area (Å²) in [5.74, 6) is 0.515. The summed E-state index contributed by atoms with van der Waals surface area (Å²) in [6.45, 7) is -0.0490. The Balaban J connectivity index is 3.19. The molecule has 0 amide bonds. The SMILES string of the molecule is COc1cc(CO)cc(I)c1O. The van der Waals surface area contributed by atoms with E-state index in [0.29, 0.717) is 9.32 Å². The second-order valence-electron chi connectivity index (χ2n) is 2.29. The third kappa shape index (κ3) is 1.81. The quantitative estimate of drug-likeness (QED) is 0.807. The zero-order valence-electron chi connectivity index (χ0n) is 6.54. The molecule has 0 bridgehead atoms. The van der Waals surface area contributed by atoms with E-state index in [2.05, 4.69) is 0 Å². The van der Waals surface area contributed by atoms with Gasteiger partial charge in [-0.15, -0.1) is 0 Å². The van der Waals surface area contributed by atoms with Crippen LogP contribution in [-0.4, -0.2) is 17.3 Å². The normalized spacial score (nSPS) is 9.92. The minimum Gasteiger partial charge on any atom is -0.504 e. The topological polar surface area (TPSA) is 49.7 Å². The van der Waals surface area contributed by atoms with Gasteiger partial charge >= 0.3 is 0 Å². The Morgan fingerprint density at radius 3 is 2.67 bits per heavy atom. The van der Waals surface area contributed by atoms with Gasteiger partial charge in [-0.3, -0.25) is 0 Å². The summed E-state index contributed by atoms with van der Waals surface area (Å²) in [6.07, 6.45) is 0. The van der Waals surface area contributed by atoms with Gasteiger partial charge < -0.3 is 14.9 Å². The molecule has 1 aromatic rings. The highest BCUT2D eigenvalue weighted by atomic mass is 127. The molecule has 1 aromatic carbocycles. The van der Waals surface area contributed by atoms with Gasteiger partial charge in [-0.25, -0.2) is 0 Å². The van der Waals surface area contributed by atoms with Gasteiger partial charge in [0.25, 0.3) is 0 Å². The van der Waals surface area contributed by atoms with Gasteiger partial charge in [0.2, 0.25) is 0 Å². The largest absolute Gasteiger partial charge is 0.504 e. The van der Waals surface area contributed by atoms with E-state index in [9.17, 15) is 5.11 Å². The Labute approximate surface area is 84.1 Å². The monoisotopic (exact) mass is 280 g/mol. The number of hydrogen-bond acceptors (Lipinski definition) is 3. The molecule has 0 aliphatic carbocycles.